The molecule has 3 aromatic rings. The van der Waals surface area contributed by atoms with Crippen LogP contribution in [0.3, 0.4) is 0 Å². The third-order valence-corrected chi connectivity index (χ3v) is 7.01. The van der Waals surface area contributed by atoms with E-state index in [1.165, 1.54) is 10.5 Å². The number of aliphatic hydroxyl groups is 1. The van der Waals surface area contributed by atoms with Crippen LogP contribution in [0.4, 0.5) is 0 Å². The molecule has 0 atom stereocenters. The Morgan fingerprint density at radius 1 is 1.13 bits per heavy atom. The number of benzene rings is 1. The van der Waals surface area contributed by atoms with Gasteiger partial charge in [0.1, 0.15) is 0 Å². The lowest BCUT2D eigenvalue weighted by Crippen LogP contribution is -2.48. The predicted octanol–water partition coefficient (Wildman–Crippen LogP) is 0.144. The van der Waals surface area contributed by atoms with E-state index in [2.05, 4.69) is 20.5 Å². The summed E-state index contributed by atoms with van der Waals surface area (Å²) in [6.45, 7) is 1.88. The number of aromatic nitrogens is 3. The molecule has 2 aromatic heterocycles. The van der Waals surface area contributed by atoms with Crippen LogP contribution >= 0.6 is 0 Å². The second-order valence-electron chi connectivity index (χ2n) is 7.02. The van der Waals surface area contributed by atoms with Gasteiger partial charge in [0.15, 0.2) is 5.65 Å². The molecular weight excluding hydrogens is 408 g/mol. The Hall–Kier alpha value is -2.86. The zero-order chi connectivity index (χ0) is 21.1. The maximum absolute atomic E-state index is 12.8. The smallest absolute Gasteiger partial charge is 0.253 e. The van der Waals surface area contributed by atoms with Crippen molar-refractivity contribution in [1.29, 1.82) is 0 Å². The number of sulfonamides is 1. The molecule has 0 aliphatic carbocycles. The van der Waals surface area contributed by atoms with Gasteiger partial charge in [0.2, 0.25) is 10.0 Å². The fourth-order valence-electron chi connectivity index (χ4n) is 3.28. The number of carbonyl (C=O) groups excluding carboxylic acids is 1. The van der Waals surface area contributed by atoms with Gasteiger partial charge in [-0.1, -0.05) is 12.1 Å². The van der Waals surface area contributed by atoms with Crippen molar-refractivity contribution in [2.24, 2.45) is 0 Å². The molecule has 1 amide bonds. The Labute approximate surface area is 173 Å². The maximum Gasteiger partial charge on any atom is 0.253 e. The zero-order valence-corrected chi connectivity index (χ0v) is 17.0. The number of pyridine rings is 1. The summed E-state index contributed by atoms with van der Waals surface area (Å²) >= 11 is 0. The molecule has 0 saturated carbocycles. The van der Waals surface area contributed by atoms with Crippen molar-refractivity contribution in [2.75, 3.05) is 32.9 Å². The first-order chi connectivity index (χ1) is 14.5. The van der Waals surface area contributed by atoms with E-state index in [1.54, 1.807) is 41.4 Å². The molecular formula is C19H22N6O4S. The normalized spacial score (nSPS) is 16.0. The first-order valence-corrected chi connectivity index (χ1v) is 10.9. The van der Waals surface area contributed by atoms with Gasteiger partial charge in [-0.3, -0.25) is 14.8 Å². The van der Waals surface area contributed by atoms with Crippen molar-refractivity contribution < 1.29 is 18.3 Å². The number of aromatic amines is 1. The van der Waals surface area contributed by atoms with Crippen LogP contribution in [0.15, 0.2) is 47.6 Å². The molecule has 30 heavy (non-hydrogen) atoms. The lowest BCUT2D eigenvalue weighted by molar-refractivity contribution is 0.0769. The molecule has 4 rings (SSSR count). The van der Waals surface area contributed by atoms with Crippen LogP contribution in [-0.2, 0) is 16.6 Å². The van der Waals surface area contributed by atoms with Gasteiger partial charge in [0, 0.05) is 44.3 Å². The summed E-state index contributed by atoms with van der Waals surface area (Å²) in [6.07, 6.45) is 3.07. The van der Waals surface area contributed by atoms with Gasteiger partial charge < -0.3 is 10.4 Å². The molecule has 3 heterocycles. The Morgan fingerprint density at radius 3 is 2.57 bits per heavy atom. The highest BCUT2D eigenvalue weighted by Gasteiger charge is 2.28. The quantitative estimate of drug-likeness (QED) is 0.507. The summed E-state index contributed by atoms with van der Waals surface area (Å²) in [7, 11) is -3.58. The van der Waals surface area contributed by atoms with Crippen LogP contribution < -0.4 is 5.32 Å². The summed E-state index contributed by atoms with van der Waals surface area (Å²) in [5, 5.41) is 19.3. The van der Waals surface area contributed by atoms with E-state index in [0.717, 1.165) is 10.9 Å². The molecule has 1 aliphatic rings. The summed E-state index contributed by atoms with van der Waals surface area (Å²) in [5.41, 5.74) is 1.82. The number of carbonyl (C=O) groups is 1. The molecule has 10 nitrogen and oxygen atoms in total. The minimum Gasteiger partial charge on any atom is -0.381 e. The van der Waals surface area contributed by atoms with Gasteiger partial charge in [-0.2, -0.15) is 9.40 Å². The topological polar surface area (TPSA) is 132 Å². The van der Waals surface area contributed by atoms with Gasteiger partial charge in [-0.25, -0.2) is 13.4 Å². The molecule has 0 unspecified atom stereocenters. The van der Waals surface area contributed by atoms with Crippen LogP contribution in [0.2, 0.25) is 0 Å². The standard InChI is InChI=1S/C19H22N6O4S/c26-13-24-5-7-25(8-6-24)30(28,29)17-3-1-14(2-4-17)10-21-19(27)16-9-15-12-22-23-18(15)20-11-16/h1-4,9,11-12,26H,5-8,10,13H2,(H,21,27)(H,20,22,23). The van der Waals surface area contributed by atoms with E-state index < -0.39 is 10.0 Å². The SMILES string of the molecule is O=C(NCc1ccc(S(=O)(=O)N2CCN(CO)CC2)cc1)c1cnc2[nH]ncc2c1. The molecule has 3 N–H and O–H groups in total. The molecule has 1 fully saturated rings. The summed E-state index contributed by atoms with van der Waals surface area (Å²) in [6, 6.07) is 8.18. The van der Waals surface area contributed by atoms with E-state index in [4.69, 9.17) is 5.11 Å². The Kier molecular flexibility index (Phi) is 5.77. The van der Waals surface area contributed by atoms with Crippen molar-refractivity contribution in [3.05, 3.63) is 53.9 Å². The fourth-order valence-corrected chi connectivity index (χ4v) is 4.71. The summed E-state index contributed by atoms with van der Waals surface area (Å²) < 4.78 is 27.0. The maximum atomic E-state index is 12.8. The van der Waals surface area contributed by atoms with Gasteiger partial charge in [0.25, 0.3) is 5.91 Å². The second kappa shape index (κ2) is 8.48. The van der Waals surface area contributed by atoms with E-state index in [1.807, 2.05) is 0 Å². The number of hydrogen-bond acceptors (Lipinski definition) is 7. The molecule has 1 aromatic carbocycles. The van der Waals surface area contributed by atoms with Crippen LogP contribution in [0.5, 0.6) is 0 Å². The number of aliphatic hydroxyl groups excluding tert-OH is 1. The number of piperazine rings is 1. The van der Waals surface area contributed by atoms with Gasteiger partial charge in [-0.05, 0) is 23.8 Å². The molecule has 1 aliphatic heterocycles. The van der Waals surface area contributed by atoms with Crippen LogP contribution in [0, 0.1) is 0 Å². The van der Waals surface area contributed by atoms with Crippen molar-refractivity contribution >= 4 is 27.0 Å². The zero-order valence-electron chi connectivity index (χ0n) is 16.2. The first-order valence-electron chi connectivity index (χ1n) is 9.47. The predicted molar refractivity (Wildman–Crippen MR) is 109 cm³/mol. The van der Waals surface area contributed by atoms with Gasteiger partial charge in [-0.15, -0.1) is 0 Å². The number of H-pyrrole nitrogens is 1. The molecule has 0 radical (unpaired) electrons. The minimum atomic E-state index is -3.58. The van der Waals surface area contributed by atoms with Crippen molar-refractivity contribution in [1.82, 2.24) is 29.7 Å². The number of amides is 1. The molecule has 0 bridgehead atoms. The largest absolute Gasteiger partial charge is 0.381 e. The van der Waals surface area contributed by atoms with Crippen LogP contribution in [0.1, 0.15) is 15.9 Å². The number of fused-ring (bicyclic) bond motifs is 1. The van der Waals surface area contributed by atoms with Crippen molar-refractivity contribution in [3.63, 3.8) is 0 Å². The lowest BCUT2D eigenvalue weighted by atomic mass is 10.2. The Bertz CT molecular complexity index is 1140. The Morgan fingerprint density at radius 2 is 1.87 bits per heavy atom. The van der Waals surface area contributed by atoms with Crippen molar-refractivity contribution in [2.45, 2.75) is 11.4 Å². The minimum absolute atomic E-state index is 0.0691. The number of nitrogens with one attached hydrogen (secondary N) is 2. The first kappa shape index (κ1) is 20.4. The summed E-state index contributed by atoms with van der Waals surface area (Å²) in [4.78, 5) is 18.5. The number of rotatable bonds is 6. The Balaban J connectivity index is 1.38. The third-order valence-electron chi connectivity index (χ3n) is 5.10. The number of hydrogen-bond donors (Lipinski definition) is 3. The van der Waals surface area contributed by atoms with Crippen molar-refractivity contribution in [3.8, 4) is 0 Å². The van der Waals surface area contributed by atoms with E-state index in [0.29, 0.717) is 37.4 Å². The van der Waals surface area contributed by atoms with E-state index in [9.17, 15) is 13.2 Å². The van der Waals surface area contributed by atoms with Crippen LogP contribution in [-0.4, -0.2) is 76.7 Å². The molecule has 1 saturated heterocycles. The molecule has 0 spiro atoms. The highest BCUT2D eigenvalue weighted by Crippen LogP contribution is 2.18. The fraction of sp³-hybridized carbons (Fsp3) is 0.316. The average Bonchev–Trinajstić information content (AvgIpc) is 3.25. The highest BCUT2D eigenvalue weighted by atomic mass is 32.2. The summed E-state index contributed by atoms with van der Waals surface area (Å²) in [5.74, 6) is -0.274. The second-order valence-corrected chi connectivity index (χ2v) is 8.96. The highest BCUT2D eigenvalue weighted by molar-refractivity contribution is 7.89. The average molecular weight is 430 g/mol. The van der Waals surface area contributed by atoms with E-state index in [-0.39, 0.29) is 24.1 Å². The van der Waals surface area contributed by atoms with Gasteiger partial charge >= 0.3 is 0 Å². The van der Waals surface area contributed by atoms with Crippen LogP contribution in [0.25, 0.3) is 11.0 Å². The molecule has 11 heteroatoms. The van der Waals surface area contributed by atoms with E-state index >= 15 is 0 Å². The number of nitrogens with zero attached hydrogens (tertiary/aromatic N) is 4. The third kappa shape index (κ3) is 4.19. The molecule has 158 valence electrons. The van der Waals surface area contributed by atoms with Gasteiger partial charge in [0.05, 0.1) is 23.4 Å². The monoisotopic (exact) mass is 430 g/mol. The lowest BCUT2D eigenvalue weighted by Gasteiger charge is -2.32.